The number of hydrogen-bond donors (Lipinski definition) is 2. The molecule has 0 atom stereocenters. The van der Waals surface area contributed by atoms with Gasteiger partial charge >= 0.3 is 0 Å². The van der Waals surface area contributed by atoms with Crippen molar-refractivity contribution in [3.8, 4) is 0 Å². The zero-order chi connectivity index (χ0) is 28.5. The molecule has 2 aromatic heterocycles. The minimum Gasteiger partial charge on any atom is -0.372 e. The lowest BCUT2D eigenvalue weighted by Crippen LogP contribution is -2.29. The van der Waals surface area contributed by atoms with Crippen LogP contribution in [0.3, 0.4) is 0 Å². The molecule has 0 saturated carbocycles. The highest BCUT2D eigenvalue weighted by molar-refractivity contribution is 6.08. The number of aromatic nitrogens is 2. The Bertz CT molecular complexity index is 1400. The van der Waals surface area contributed by atoms with Gasteiger partial charge in [-0.25, -0.2) is 9.37 Å². The molecule has 0 amide bonds. The van der Waals surface area contributed by atoms with Gasteiger partial charge in [-0.3, -0.25) is 9.98 Å². The SMILES string of the molecule is C=CC(=C)Nc1cc(NCN=C(/C=C\N=C)c2cc(F)c3nc(C)cn3c2)c(CC)cc1N(C)CCN(C)C. The second-order valence-corrected chi connectivity index (χ2v) is 9.53. The Balaban J connectivity index is 1.94. The first-order chi connectivity index (χ1) is 18.7. The fraction of sp³-hybridized carbons (Fsp3) is 0.300. The maximum Gasteiger partial charge on any atom is 0.173 e. The van der Waals surface area contributed by atoms with Crippen LogP contribution in [0, 0.1) is 12.7 Å². The third-order valence-corrected chi connectivity index (χ3v) is 6.22. The molecule has 0 aliphatic heterocycles. The van der Waals surface area contributed by atoms with E-state index < -0.39 is 5.82 Å². The van der Waals surface area contributed by atoms with Gasteiger partial charge in [0.1, 0.15) is 6.67 Å². The molecule has 0 bridgehead atoms. The van der Waals surface area contributed by atoms with Crippen LogP contribution >= 0.6 is 0 Å². The molecule has 0 aliphatic carbocycles. The average molecular weight is 531 g/mol. The molecule has 0 radical (unpaired) electrons. The summed E-state index contributed by atoms with van der Waals surface area (Å²) in [5, 5.41) is 6.82. The summed E-state index contributed by atoms with van der Waals surface area (Å²) in [4.78, 5) is 17.2. The van der Waals surface area contributed by atoms with E-state index in [-0.39, 0.29) is 12.3 Å². The Hall–Kier alpha value is -4.24. The molecule has 39 heavy (non-hydrogen) atoms. The Labute approximate surface area is 231 Å². The molecule has 1 aromatic carbocycles. The number of benzene rings is 1. The largest absolute Gasteiger partial charge is 0.372 e. The molecule has 8 nitrogen and oxygen atoms in total. The van der Waals surface area contributed by atoms with Crippen molar-refractivity contribution in [1.82, 2.24) is 14.3 Å². The first kappa shape index (κ1) is 29.3. The van der Waals surface area contributed by atoms with Crippen LogP contribution in [0.5, 0.6) is 0 Å². The summed E-state index contributed by atoms with van der Waals surface area (Å²) in [5.74, 6) is -0.415. The van der Waals surface area contributed by atoms with Crippen LogP contribution in [-0.4, -0.2) is 67.6 Å². The Morgan fingerprint density at radius 2 is 1.92 bits per heavy atom. The summed E-state index contributed by atoms with van der Waals surface area (Å²) in [6, 6.07) is 5.70. The van der Waals surface area contributed by atoms with Crippen molar-refractivity contribution in [2.24, 2.45) is 9.98 Å². The van der Waals surface area contributed by atoms with Crippen molar-refractivity contribution < 1.29 is 4.39 Å². The van der Waals surface area contributed by atoms with Crippen molar-refractivity contribution in [3.63, 3.8) is 0 Å². The highest BCUT2D eigenvalue weighted by Gasteiger charge is 2.14. The van der Waals surface area contributed by atoms with Gasteiger partial charge in [-0.15, -0.1) is 0 Å². The third-order valence-electron chi connectivity index (χ3n) is 6.22. The minimum absolute atomic E-state index is 0.268. The molecule has 0 saturated heterocycles. The summed E-state index contributed by atoms with van der Waals surface area (Å²) >= 11 is 0. The lowest BCUT2D eigenvalue weighted by molar-refractivity contribution is 0.416. The van der Waals surface area contributed by atoms with E-state index in [0.29, 0.717) is 17.0 Å². The van der Waals surface area contributed by atoms with Crippen LogP contribution in [0.15, 0.2) is 77.8 Å². The quantitative estimate of drug-likeness (QED) is 0.212. The van der Waals surface area contributed by atoms with E-state index in [9.17, 15) is 4.39 Å². The molecule has 0 spiro atoms. The number of fused-ring (bicyclic) bond motifs is 1. The number of likely N-dealkylation sites (N-methyl/N-ethyl adjacent to an activating group) is 2. The van der Waals surface area contributed by atoms with Crippen molar-refractivity contribution in [3.05, 3.63) is 90.4 Å². The molecule has 3 rings (SSSR count). The smallest absolute Gasteiger partial charge is 0.173 e. The monoisotopic (exact) mass is 530 g/mol. The number of imidazole rings is 1. The molecule has 0 unspecified atom stereocenters. The van der Waals surface area contributed by atoms with Crippen LogP contribution in [-0.2, 0) is 6.42 Å². The summed E-state index contributed by atoms with van der Waals surface area (Å²) in [6.45, 7) is 17.4. The molecule has 0 aliphatic rings. The van der Waals surface area contributed by atoms with Crippen LogP contribution in [0.1, 0.15) is 23.7 Å². The van der Waals surface area contributed by atoms with E-state index in [2.05, 4.69) is 90.5 Å². The fourth-order valence-electron chi connectivity index (χ4n) is 4.09. The van der Waals surface area contributed by atoms with Crippen molar-refractivity contribution in [1.29, 1.82) is 0 Å². The Morgan fingerprint density at radius 3 is 2.59 bits per heavy atom. The lowest BCUT2D eigenvalue weighted by Gasteiger charge is -2.26. The van der Waals surface area contributed by atoms with Crippen LogP contribution in [0.4, 0.5) is 21.5 Å². The van der Waals surface area contributed by atoms with Gasteiger partial charge in [0.25, 0.3) is 0 Å². The molecule has 2 heterocycles. The number of halogens is 1. The van der Waals surface area contributed by atoms with Crippen LogP contribution < -0.4 is 15.5 Å². The maximum absolute atomic E-state index is 14.8. The van der Waals surface area contributed by atoms with Gasteiger partial charge in [0.05, 0.1) is 22.8 Å². The highest BCUT2D eigenvalue weighted by atomic mass is 19.1. The van der Waals surface area contributed by atoms with Crippen molar-refractivity contribution in [2.75, 3.05) is 56.4 Å². The molecule has 9 heteroatoms. The van der Waals surface area contributed by atoms with E-state index in [4.69, 9.17) is 4.99 Å². The highest BCUT2D eigenvalue weighted by Crippen LogP contribution is 2.33. The number of rotatable bonds is 14. The lowest BCUT2D eigenvalue weighted by atomic mass is 10.1. The standard InChI is InChI=1S/C30H39FN8/c1-9-21(3)35-28-17-27(23(10-2)16-29(28)38(8)14-13-37(6)7)34-20-33-26(11-12-32-5)24-15-25(31)30-36-22(4)18-39(30)19-24/h9,11-12,15-19,34-35H,1,3,5,10,13-14,20H2,2,4,6-8H3/b12-11-,33-26?. The first-order valence-corrected chi connectivity index (χ1v) is 12.8. The zero-order valence-corrected chi connectivity index (χ0v) is 23.6. The average Bonchev–Trinajstić information content (AvgIpc) is 3.29. The first-order valence-electron chi connectivity index (χ1n) is 12.8. The number of anilines is 3. The second kappa shape index (κ2) is 13.5. The molecule has 3 aromatic rings. The zero-order valence-electron chi connectivity index (χ0n) is 23.6. The van der Waals surface area contributed by atoms with E-state index in [0.717, 1.165) is 47.8 Å². The topological polar surface area (TPSA) is 72.6 Å². The van der Waals surface area contributed by atoms with Gasteiger partial charge in [-0.2, -0.15) is 0 Å². The number of nitrogens with zero attached hydrogens (tertiary/aromatic N) is 6. The van der Waals surface area contributed by atoms with Gasteiger partial charge in [0, 0.05) is 55.7 Å². The number of pyridine rings is 1. The van der Waals surface area contributed by atoms with Crippen molar-refractivity contribution >= 4 is 35.1 Å². The molecular weight excluding hydrogens is 491 g/mol. The van der Waals surface area contributed by atoms with Gasteiger partial charge < -0.3 is 24.8 Å². The van der Waals surface area contributed by atoms with E-state index >= 15 is 0 Å². The third kappa shape index (κ3) is 7.64. The summed E-state index contributed by atoms with van der Waals surface area (Å²) in [5.41, 5.74) is 7.00. The molecular formula is C30H39FN8. The van der Waals surface area contributed by atoms with E-state index in [1.807, 2.05) is 13.1 Å². The predicted octanol–water partition coefficient (Wildman–Crippen LogP) is 5.53. The van der Waals surface area contributed by atoms with Gasteiger partial charge in [-0.1, -0.05) is 20.1 Å². The number of allylic oxidation sites excluding steroid dienone is 2. The Morgan fingerprint density at radius 1 is 1.15 bits per heavy atom. The van der Waals surface area contributed by atoms with Gasteiger partial charge in [0.2, 0.25) is 0 Å². The number of aliphatic imine (C=N–C) groups is 2. The molecule has 2 N–H and O–H groups in total. The van der Waals surface area contributed by atoms with Gasteiger partial charge in [0.15, 0.2) is 11.5 Å². The summed E-state index contributed by atoms with van der Waals surface area (Å²) < 4.78 is 16.4. The van der Waals surface area contributed by atoms with E-state index in [1.165, 1.54) is 6.07 Å². The molecule has 0 fully saturated rings. The summed E-state index contributed by atoms with van der Waals surface area (Å²) in [7, 11) is 6.21. The predicted molar refractivity (Wildman–Crippen MR) is 164 cm³/mol. The Kier molecular flexibility index (Phi) is 10.2. The second-order valence-electron chi connectivity index (χ2n) is 9.53. The number of aryl methyl sites for hydroxylation is 2. The van der Waals surface area contributed by atoms with Crippen LogP contribution in [0.2, 0.25) is 0 Å². The maximum atomic E-state index is 14.8. The number of nitrogens with one attached hydrogen (secondary N) is 2. The summed E-state index contributed by atoms with van der Waals surface area (Å²) in [6.07, 6.45) is 9.37. The minimum atomic E-state index is -0.415. The normalized spacial score (nSPS) is 11.8. The molecule has 206 valence electrons. The van der Waals surface area contributed by atoms with E-state index in [1.54, 1.807) is 28.9 Å². The van der Waals surface area contributed by atoms with Crippen molar-refractivity contribution in [2.45, 2.75) is 20.3 Å². The van der Waals surface area contributed by atoms with Crippen LogP contribution in [0.25, 0.3) is 5.65 Å². The van der Waals surface area contributed by atoms with Gasteiger partial charge in [-0.05, 0) is 70.1 Å². The number of hydrogen-bond acceptors (Lipinski definition) is 7. The fourth-order valence-corrected chi connectivity index (χ4v) is 4.09.